The topological polar surface area (TPSA) is 67.7 Å². The first-order valence-corrected chi connectivity index (χ1v) is 14.7. The van der Waals surface area contributed by atoms with Crippen LogP contribution in [0, 0.1) is 6.92 Å². The van der Waals surface area contributed by atoms with Crippen molar-refractivity contribution in [2.45, 2.75) is 12.2 Å². The van der Waals surface area contributed by atoms with Crippen molar-refractivity contribution in [3.05, 3.63) is 101 Å². The zero-order valence-electron chi connectivity index (χ0n) is 22.1. The molecule has 1 aromatic heterocycles. The summed E-state index contributed by atoms with van der Waals surface area (Å²) in [6, 6.07) is 25.7. The van der Waals surface area contributed by atoms with Crippen molar-refractivity contribution in [1.82, 2.24) is 14.7 Å². The van der Waals surface area contributed by atoms with Crippen molar-refractivity contribution in [1.29, 1.82) is 0 Å². The van der Waals surface area contributed by atoms with E-state index < -0.39 is 0 Å². The number of aryl methyl sites for hydroxylation is 1. The number of nitrogens with zero attached hydrogens (tertiary/aromatic N) is 4. The number of morpholine rings is 1. The van der Waals surface area contributed by atoms with Crippen molar-refractivity contribution >= 4 is 41.0 Å². The van der Waals surface area contributed by atoms with Crippen molar-refractivity contribution in [2.24, 2.45) is 0 Å². The number of benzene rings is 3. The maximum atomic E-state index is 13.9. The quantitative estimate of drug-likeness (QED) is 0.315. The smallest absolute Gasteiger partial charge is 0.242 e. The maximum Gasteiger partial charge on any atom is 0.242 e. The zero-order chi connectivity index (χ0) is 27.6. The van der Waals surface area contributed by atoms with Crippen LogP contribution < -0.4 is 4.90 Å². The van der Waals surface area contributed by atoms with Crippen molar-refractivity contribution in [2.75, 3.05) is 43.5 Å². The number of carbonyl (C=O) groups is 2. The number of aromatic nitrogens is 2. The molecule has 0 spiro atoms. The molecule has 7 nitrogen and oxygen atoms in total. The van der Waals surface area contributed by atoms with Gasteiger partial charge in [0.25, 0.3) is 0 Å². The van der Waals surface area contributed by atoms with Gasteiger partial charge >= 0.3 is 0 Å². The van der Waals surface area contributed by atoms with Gasteiger partial charge in [0.1, 0.15) is 12.4 Å². The highest BCUT2D eigenvalue weighted by atomic mass is 35.5. The van der Waals surface area contributed by atoms with Crippen LogP contribution in [0.3, 0.4) is 0 Å². The molecule has 2 aliphatic heterocycles. The third-order valence-corrected chi connectivity index (χ3v) is 8.84. The molecule has 2 aliphatic rings. The minimum absolute atomic E-state index is 0.0760. The predicted molar refractivity (Wildman–Crippen MR) is 159 cm³/mol. The average Bonchev–Trinajstić information content (AvgIpc) is 3.31. The van der Waals surface area contributed by atoms with E-state index in [-0.39, 0.29) is 29.4 Å². The zero-order valence-corrected chi connectivity index (χ0v) is 23.7. The number of fused-ring (bicyclic) bond motifs is 1. The molecule has 2 amide bonds. The summed E-state index contributed by atoms with van der Waals surface area (Å²) in [5.74, 6) is 0.546. The second-order valence-corrected chi connectivity index (χ2v) is 11.4. The second-order valence-electron chi connectivity index (χ2n) is 9.88. The highest BCUT2D eigenvalue weighted by Crippen LogP contribution is 2.49. The third-order valence-electron chi connectivity index (χ3n) is 7.26. The van der Waals surface area contributed by atoms with E-state index in [1.807, 2.05) is 90.5 Å². The van der Waals surface area contributed by atoms with Gasteiger partial charge in [0.05, 0.1) is 35.6 Å². The van der Waals surface area contributed by atoms with Crippen molar-refractivity contribution in [3.8, 4) is 16.9 Å². The van der Waals surface area contributed by atoms with Gasteiger partial charge in [-0.1, -0.05) is 77.8 Å². The molecule has 0 N–H and O–H groups in total. The van der Waals surface area contributed by atoms with E-state index in [1.54, 1.807) is 9.80 Å². The molecular weight excluding hydrogens is 544 g/mol. The van der Waals surface area contributed by atoms with Crippen molar-refractivity contribution < 1.29 is 14.3 Å². The van der Waals surface area contributed by atoms with Gasteiger partial charge in [-0.05, 0) is 30.7 Å². The summed E-state index contributed by atoms with van der Waals surface area (Å²) in [5.41, 5.74) is 5.38. The van der Waals surface area contributed by atoms with Gasteiger partial charge in [-0.15, -0.1) is 11.8 Å². The Morgan fingerprint density at radius 3 is 2.42 bits per heavy atom. The predicted octanol–water partition coefficient (Wildman–Crippen LogP) is 5.53. The Morgan fingerprint density at radius 2 is 1.70 bits per heavy atom. The van der Waals surface area contributed by atoms with Gasteiger partial charge in [0, 0.05) is 29.2 Å². The molecule has 0 aliphatic carbocycles. The van der Waals surface area contributed by atoms with Crippen LogP contribution in [-0.4, -0.2) is 65.1 Å². The molecule has 0 bridgehead atoms. The van der Waals surface area contributed by atoms with E-state index in [9.17, 15) is 9.59 Å². The summed E-state index contributed by atoms with van der Waals surface area (Å²) in [4.78, 5) is 30.8. The molecule has 0 unspecified atom stereocenters. The second kappa shape index (κ2) is 11.5. The van der Waals surface area contributed by atoms with Crippen LogP contribution in [0.5, 0.6) is 0 Å². The molecule has 3 aromatic carbocycles. The van der Waals surface area contributed by atoms with Crippen LogP contribution in [0.2, 0.25) is 5.02 Å². The monoisotopic (exact) mass is 572 g/mol. The fraction of sp³-hybridized carbons (Fsp3) is 0.258. The Morgan fingerprint density at radius 1 is 1.00 bits per heavy atom. The van der Waals surface area contributed by atoms with Gasteiger partial charge in [0.2, 0.25) is 11.8 Å². The summed E-state index contributed by atoms with van der Waals surface area (Å²) in [7, 11) is 0. The fourth-order valence-corrected chi connectivity index (χ4v) is 6.72. The maximum absolute atomic E-state index is 13.9. The minimum atomic E-state index is -0.273. The lowest BCUT2D eigenvalue weighted by atomic mass is 9.99. The van der Waals surface area contributed by atoms with E-state index in [2.05, 4.69) is 0 Å². The molecule has 1 fully saturated rings. The van der Waals surface area contributed by atoms with E-state index >= 15 is 0 Å². The summed E-state index contributed by atoms with van der Waals surface area (Å²) < 4.78 is 7.26. The molecular formula is C31H29ClN4O3S. The molecule has 6 rings (SSSR count). The van der Waals surface area contributed by atoms with Gasteiger partial charge in [-0.3, -0.25) is 14.5 Å². The van der Waals surface area contributed by atoms with Gasteiger partial charge in [-0.2, -0.15) is 5.10 Å². The average molecular weight is 573 g/mol. The van der Waals surface area contributed by atoms with Gasteiger partial charge in [-0.25, -0.2) is 4.68 Å². The van der Waals surface area contributed by atoms with Crippen LogP contribution in [0.25, 0.3) is 16.9 Å². The van der Waals surface area contributed by atoms with E-state index in [4.69, 9.17) is 21.4 Å². The number of thioether (sulfide) groups is 1. The number of halogens is 1. The molecule has 9 heteroatoms. The number of amides is 2. The van der Waals surface area contributed by atoms with Crippen molar-refractivity contribution in [3.63, 3.8) is 0 Å². The standard InChI is InChI=1S/C31H29ClN4O3S/c1-21-11-13-23(14-12-21)36-31-28(29(33-36)22-7-3-2-4-8-22)30(24-9-5-6-10-25(24)32)40-20-27(38)35(31)19-26(37)34-15-17-39-18-16-34/h2-14,30H,15-20H2,1H3/t30-/m0/s1. The Bertz CT molecular complexity index is 1530. The lowest BCUT2D eigenvalue weighted by Gasteiger charge is -2.30. The number of hydrogen-bond donors (Lipinski definition) is 0. The summed E-state index contributed by atoms with van der Waals surface area (Å²) >= 11 is 8.28. The van der Waals surface area contributed by atoms with Gasteiger partial charge < -0.3 is 9.64 Å². The third kappa shape index (κ3) is 5.14. The number of ether oxygens (including phenoxy) is 1. The lowest BCUT2D eigenvalue weighted by Crippen LogP contribution is -2.48. The summed E-state index contributed by atoms with van der Waals surface area (Å²) in [6.07, 6.45) is 0. The Balaban J connectivity index is 1.59. The molecule has 1 atom stereocenters. The summed E-state index contributed by atoms with van der Waals surface area (Å²) in [6.45, 7) is 3.97. The molecule has 0 saturated carbocycles. The Labute approximate surface area is 242 Å². The van der Waals surface area contributed by atoms with Crippen LogP contribution in [0.1, 0.15) is 21.9 Å². The molecule has 40 heavy (non-hydrogen) atoms. The molecule has 1 saturated heterocycles. The van der Waals surface area contributed by atoms with Crippen LogP contribution in [0.15, 0.2) is 78.9 Å². The van der Waals surface area contributed by atoms with E-state index in [0.29, 0.717) is 37.1 Å². The first-order valence-electron chi connectivity index (χ1n) is 13.3. The Kier molecular flexibility index (Phi) is 7.65. The first-order chi connectivity index (χ1) is 19.5. The first kappa shape index (κ1) is 26.6. The molecule has 204 valence electrons. The number of rotatable bonds is 5. The molecule has 3 heterocycles. The SMILES string of the molecule is Cc1ccc(-n2nc(-c3ccccc3)c3c2N(CC(=O)N2CCOCC2)C(=O)CS[C@H]3c2ccccc2Cl)cc1. The highest BCUT2D eigenvalue weighted by Gasteiger charge is 2.38. The van der Waals surface area contributed by atoms with Gasteiger partial charge in [0.15, 0.2) is 0 Å². The van der Waals surface area contributed by atoms with Crippen LogP contribution in [0.4, 0.5) is 5.82 Å². The van der Waals surface area contributed by atoms with Crippen LogP contribution >= 0.6 is 23.4 Å². The number of hydrogen-bond acceptors (Lipinski definition) is 5. The minimum Gasteiger partial charge on any atom is -0.378 e. The molecule has 0 radical (unpaired) electrons. The van der Waals surface area contributed by atoms with E-state index in [0.717, 1.165) is 33.6 Å². The van der Waals surface area contributed by atoms with E-state index in [1.165, 1.54) is 11.8 Å². The fourth-order valence-electron chi connectivity index (χ4n) is 5.18. The molecule has 4 aromatic rings. The highest BCUT2D eigenvalue weighted by molar-refractivity contribution is 8.00. The largest absolute Gasteiger partial charge is 0.378 e. The Hall–Kier alpha value is -3.59. The number of anilines is 1. The number of carbonyl (C=O) groups excluding carboxylic acids is 2. The summed E-state index contributed by atoms with van der Waals surface area (Å²) in [5, 5.41) is 5.49. The lowest BCUT2D eigenvalue weighted by molar-refractivity contribution is -0.134. The van der Waals surface area contributed by atoms with Crippen LogP contribution in [-0.2, 0) is 14.3 Å². The normalized spacial score (nSPS) is 17.4.